The van der Waals surface area contributed by atoms with Gasteiger partial charge in [0.2, 0.25) is 0 Å². The maximum atomic E-state index is 6.15. The largest absolute Gasteiger partial charge is 0.310 e. The zero-order chi connectivity index (χ0) is 12.1. The van der Waals surface area contributed by atoms with Gasteiger partial charge < -0.3 is 5.32 Å². The normalized spacial score (nSPS) is 19.4. The molecular weight excluding hydrogens is 234 g/mol. The topological polar surface area (TPSA) is 29.9 Å². The van der Waals surface area contributed by atoms with Crippen LogP contribution < -0.4 is 5.32 Å². The summed E-state index contributed by atoms with van der Waals surface area (Å²) in [4.78, 5) is 0. The van der Waals surface area contributed by atoms with Crippen molar-refractivity contribution in [2.45, 2.75) is 44.1 Å². The van der Waals surface area contributed by atoms with Gasteiger partial charge in [-0.25, -0.2) is 0 Å². The molecule has 0 saturated heterocycles. The summed E-state index contributed by atoms with van der Waals surface area (Å²) in [6.07, 6.45) is 9.31. The molecule has 96 valence electrons. The maximum absolute atomic E-state index is 6.15. The van der Waals surface area contributed by atoms with Gasteiger partial charge in [-0.1, -0.05) is 19.3 Å². The predicted molar refractivity (Wildman–Crippen MR) is 71.5 cm³/mol. The summed E-state index contributed by atoms with van der Waals surface area (Å²) in [5.74, 6) is 0.735. The van der Waals surface area contributed by atoms with Gasteiger partial charge in [0.15, 0.2) is 0 Å². The van der Waals surface area contributed by atoms with Gasteiger partial charge in [0, 0.05) is 43.3 Å². The Kier molecular flexibility index (Phi) is 4.46. The van der Waals surface area contributed by atoms with Crippen molar-refractivity contribution in [1.29, 1.82) is 0 Å². The van der Waals surface area contributed by atoms with Crippen molar-refractivity contribution >= 4 is 11.6 Å². The van der Waals surface area contributed by atoms with E-state index in [1.54, 1.807) is 0 Å². The van der Waals surface area contributed by atoms with Crippen LogP contribution in [0.1, 0.15) is 37.8 Å². The Bertz CT molecular complexity index is 342. The van der Waals surface area contributed by atoms with E-state index in [2.05, 4.69) is 16.5 Å². The first-order valence-electron chi connectivity index (χ1n) is 6.54. The fourth-order valence-electron chi connectivity index (χ4n) is 2.69. The zero-order valence-corrected chi connectivity index (χ0v) is 11.3. The highest BCUT2D eigenvalue weighted by Gasteiger charge is 2.30. The molecule has 1 aliphatic carbocycles. The van der Waals surface area contributed by atoms with Crippen molar-refractivity contribution in [1.82, 2.24) is 15.1 Å². The number of hydrogen-bond donors (Lipinski definition) is 1. The van der Waals surface area contributed by atoms with Crippen molar-refractivity contribution in [2.75, 3.05) is 12.4 Å². The Morgan fingerprint density at radius 1 is 1.41 bits per heavy atom. The molecule has 0 aliphatic heterocycles. The highest BCUT2D eigenvalue weighted by Crippen LogP contribution is 2.29. The van der Waals surface area contributed by atoms with Crippen LogP contribution in [0, 0.1) is 0 Å². The fraction of sp³-hybridized carbons (Fsp3) is 0.769. The molecule has 1 aromatic rings. The van der Waals surface area contributed by atoms with Gasteiger partial charge >= 0.3 is 0 Å². The first-order chi connectivity index (χ1) is 8.26. The molecule has 3 nitrogen and oxygen atoms in total. The van der Waals surface area contributed by atoms with E-state index in [1.807, 2.05) is 17.9 Å². The Morgan fingerprint density at radius 3 is 2.76 bits per heavy atom. The third-order valence-corrected chi connectivity index (χ3v) is 4.38. The van der Waals surface area contributed by atoms with Crippen LogP contribution in [-0.2, 0) is 13.5 Å². The van der Waals surface area contributed by atoms with E-state index in [0.717, 1.165) is 18.8 Å². The van der Waals surface area contributed by atoms with Gasteiger partial charge in [0.05, 0.1) is 0 Å². The van der Waals surface area contributed by atoms with Crippen LogP contribution in [0.15, 0.2) is 12.3 Å². The van der Waals surface area contributed by atoms with E-state index in [1.165, 1.54) is 37.8 Å². The summed E-state index contributed by atoms with van der Waals surface area (Å²) < 4.78 is 1.94. The maximum Gasteiger partial charge on any atom is 0.0492 e. The Balaban J connectivity index is 1.82. The van der Waals surface area contributed by atoms with E-state index < -0.39 is 0 Å². The van der Waals surface area contributed by atoms with Crippen LogP contribution in [0.5, 0.6) is 0 Å². The van der Waals surface area contributed by atoms with Gasteiger partial charge in [-0.2, -0.15) is 5.10 Å². The van der Waals surface area contributed by atoms with Crippen LogP contribution in [-0.4, -0.2) is 27.7 Å². The third-order valence-electron chi connectivity index (χ3n) is 3.87. The Morgan fingerprint density at radius 2 is 2.18 bits per heavy atom. The lowest BCUT2D eigenvalue weighted by Crippen LogP contribution is -2.49. The van der Waals surface area contributed by atoms with Crippen molar-refractivity contribution in [3.05, 3.63) is 18.0 Å². The minimum atomic E-state index is 0.193. The van der Waals surface area contributed by atoms with Gasteiger partial charge in [-0.05, 0) is 18.9 Å². The van der Waals surface area contributed by atoms with Crippen LogP contribution in [0.2, 0.25) is 0 Å². The SMILES string of the molecule is Cn1nccc1CCNC1(CCl)CCCCC1. The first-order valence-corrected chi connectivity index (χ1v) is 7.07. The van der Waals surface area contributed by atoms with Crippen molar-refractivity contribution in [3.8, 4) is 0 Å². The summed E-state index contributed by atoms with van der Waals surface area (Å²) in [6, 6.07) is 2.08. The highest BCUT2D eigenvalue weighted by molar-refractivity contribution is 6.18. The molecule has 1 N–H and O–H groups in total. The molecule has 17 heavy (non-hydrogen) atoms. The lowest BCUT2D eigenvalue weighted by Gasteiger charge is -2.36. The number of hydrogen-bond acceptors (Lipinski definition) is 2. The minimum absolute atomic E-state index is 0.193. The quantitative estimate of drug-likeness (QED) is 0.820. The standard InChI is InChI=1S/C13H22ClN3/c1-17-12(6-10-16-17)5-9-15-13(11-14)7-3-2-4-8-13/h6,10,15H,2-5,7-9,11H2,1H3. The molecular formula is C13H22ClN3. The highest BCUT2D eigenvalue weighted by atomic mass is 35.5. The number of aromatic nitrogens is 2. The predicted octanol–water partition coefficient (Wildman–Crippen LogP) is 2.49. The molecule has 0 amide bonds. The van der Waals surface area contributed by atoms with Gasteiger partial charge in [0.25, 0.3) is 0 Å². The second kappa shape index (κ2) is 5.87. The van der Waals surface area contributed by atoms with Crippen LogP contribution in [0.4, 0.5) is 0 Å². The van der Waals surface area contributed by atoms with E-state index in [4.69, 9.17) is 11.6 Å². The zero-order valence-electron chi connectivity index (χ0n) is 10.6. The lowest BCUT2D eigenvalue weighted by atomic mass is 9.83. The van der Waals surface area contributed by atoms with Crippen LogP contribution in [0.25, 0.3) is 0 Å². The summed E-state index contributed by atoms with van der Waals surface area (Å²) in [5.41, 5.74) is 1.47. The summed E-state index contributed by atoms with van der Waals surface area (Å²) in [5, 5.41) is 7.86. The van der Waals surface area contributed by atoms with Gasteiger partial charge in [-0.3, -0.25) is 4.68 Å². The monoisotopic (exact) mass is 255 g/mol. The van der Waals surface area contributed by atoms with Crippen LogP contribution in [0.3, 0.4) is 0 Å². The Labute approximate surface area is 109 Å². The summed E-state index contributed by atoms with van der Waals surface area (Å²) >= 11 is 6.15. The molecule has 4 heteroatoms. The molecule has 0 bridgehead atoms. The molecule has 0 spiro atoms. The number of halogens is 1. The first kappa shape index (κ1) is 12.9. The molecule has 1 aliphatic rings. The fourth-order valence-corrected chi connectivity index (χ4v) is 3.05. The number of aryl methyl sites for hydroxylation is 1. The molecule has 1 fully saturated rings. The molecule has 0 aromatic carbocycles. The van der Waals surface area contributed by atoms with Gasteiger partial charge in [0.1, 0.15) is 0 Å². The average Bonchev–Trinajstić information content (AvgIpc) is 2.76. The number of alkyl halides is 1. The molecule has 1 aromatic heterocycles. The van der Waals surface area contributed by atoms with E-state index >= 15 is 0 Å². The third kappa shape index (κ3) is 3.23. The molecule has 1 saturated carbocycles. The molecule has 0 unspecified atom stereocenters. The van der Waals surface area contributed by atoms with Crippen LogP contribution >= 0.6 is 11.6 Å². The average molecular weight is 256 g/mol. The Hall–Kier alpha value is -0.540. The van der Waals surface area contributed by atoms with Crippen molar-refractivity contribution < 1.29 is 0 Å². The minimum Gasteiger partial charge on any atom is -0.310 e. The molecule has 0 radical (unpaired) electrons. The number of nitrogens with zero attached hydrogens (tertiary/aromatic N) is 2. The van der Waals surface area contributed by atoms with E-state index in [0.29, 0.717) is 0 Å². The van der Waals surface area contributed by atoms with Crippen molar-refractivity contribution in [2.24, 2.45) is 7.05 Å². The van der Waals surface area contributed by atoms with Crippen molar-refractivity contribution in [3.63, 3.8) is 0 Å². The number of nitrogens with one attached hydrogen (secondary N) is 1. The van der Waals surface area contributed by atoms with E-state index in [-0.39, 0.29) is 5.54 Å². The second-order valence-electron chi connectivity index (χ2n) is 5.10. The summed E-state index contributed by atoms with van der Waals surface area (Å²) in [7, 11) is 1.99. The second-order valence-corrected chi connectivity index (χ2v) is 5.36. The molecule has 2 rings (SSSR count). The van der Waals surface area contributed by atoms with Gasteiger partial charge in [-0.15, -0.1) is 11.6 Å². The number of rotatable bonds is 5. The molecule has 0 atom stereocenters. The summed E-state index contributed by atoms with van der Waals surface area (Å²) in [6.45, 7) is 0.992. The molecule has 1 heterocycles. The van der Waals surface area contributed by atoms with E-state index in [9.17, 15) is 0 Å². The lowest BCUT2D eigenvalue weighted by molar-refractivity contribution is 0.259. The smallest absolute Gasteiger partial charge is 0.0492 e.